The molecule has 1 unspecified atom stereocenters. The van der Waals surface area contributed by atoms with Crippen molar-refractivity contribution in [2.24, 2.45) is 5.73 Å². The van der Waals surface area contributed by atoms with E-state index in [1.54, 1.807) is 0 Å². The minimum atomic E-state index is -1.00. The van der Waals surface area contributed by atoms with Gasteiger partial charge in [0.15, 0.2) is 11.6 Å². The molecule has 18 heavy (non-hydrogen) atoms. The van der Waals surface area contributed by atoms with Gasteiger partial charge in [-0.1, -0.05) is 35.3 Å². The van der Waals surface area contributed by atoms with E-state index in [0.717, 1.165) is 6.07 Å². The number of rotatable bonds is 2. The van der Waals surface area contributed by atoms with Crippen LogP contribution in [-0.4, -0.2) is 4.98 Å². The van der Waals surface area contributed by atoms with Crippen LogP contribution in [0, 0.1) is 11.6 Å². The first kappa shape index (κ1) is 13.2. The van der Waals surface area contributed by atoms with Crippen molar-refractivity contribution < 1.29 is 8.78 Å². The first-order chi connectivity index (χ1) is 8.50. The molecule has 0 saturated carbocycles. The Labute approximate surface area is 112 Å². The standard InChI is InChI=1S/C12H8Cl2F2N2/c13-6-4-8(14)12(18-5-6)11(17)7-2-1-3-9(15)10(7)16/h1-5,11H,17H2. The van der Waals surface area contributed by atoms with Crippen LogP contribution in [0.2, 0.25) is 10.0 Å². The van der Waals surface area contributed by atoms with Crippen molar-refractivity contribution in [2.75, 3.05) is 0 Å². The number of pyridine rings is 1. The molecule has 0 radical (unpaired) electrons. The predicted molar refractivity (Wildman–Crippen MR) is 66.6 cm³/mol. The van der Waals surface area contributed by atoms with Crippen LogP contribution >= 0.6 is 23.2 Å². The molecular formula is C12H8Cl2F2N2. The van der Waals surface area contributed by atoms with Crippen molar-refractivity contribution in [2.45, 2.75) is 6.04 Å². The molecule has 1 aromatic heterocycles. The number of nitrogens with two attached hydrogens (primary N) is 1. The Morgan fingerprint density at radius 1 is 1.22 bits per heavy atom. The maximum Gasteiger partial charge on any atom is 0.163 e. The van der Waals surface area contributed by atoms with E-state index in [0.29, 0.717) is 5.02 Å². The zero-order chi connectivity index (χ0) is 13.3. The topological polar surface area (TPSA) is 38.9 Å². The summed E-state index contributed by atoms with van der Waals surface area (Å²) in [6, 6.07) is 4.27. The zero-order valence-electron chi connectivity index (χ0n) is 9.00. The normalized spacial score (nSPS) is 12.5. The summed E-state index contributed by atoms with van der Waals surface area (Å²) >= 11 is 11.6. The number of aromatic nitrogens is 1. The highest BCUT2D eigenvalue weighted by Gasteiger charge is 2.19. The van der Waals surface area contributed by atoms with E-state index in [-0.39, 0.29) is 16.3 Å². The molecule has 1 atom stereocenters. The van der Waals surface area contributed by atoms with Gasteiger partial charge < -0.3 is 5.73 Å². The molecule has 0 aliphatic rings. The van der Waals surface area contributed by atoms with Gasteiger partial charge in [-0.25, -0.2) is 8.78 Å². The third kappa shape index (κ3) is 2.46. The van der Waals surface area contributed by atoms with E-state index in [4.69, 9.17) is 28.9 Å². The summed E-state index contributed by atoms with van der Waals surface area (Å²) in [5, 5.41) is 0.550. The summed E-state index contributed by atoms with van der Waals surface area (Å²) < 4.78 is 26.7. The SMILES string of the molecule is NC(c1cccc(F)c1F)c1ncc(Cl)cc1Cl. The summed E-state index contributed by atoms with van der Waals surface area (Å²) in [7, 11) is 0. The van der Waals surface area contributed by atoms with Gasteiger partial charge in [0.05, 0.1) is 21.8 Å². The smallest absolute Gasteiger partial charge is 0.163 e. The molecule has 1 aromatic carbocycles. The van der Waals surface area contributed by atoms with Crippen LogP contribution in [0.3, 0.4) is 0 Å². The molecule has 6 heteroatoms. The Bertz CT molecular complexity index is 590. The Morgan fingerprint density at radius 2 is 1.94 bits per heavy atom. The van der Waals surface area contributed by atoms with Gasteiger partial charge >= 0.3 is 0 Å². The highest BCUT2D eigenvalue weighted by Crippen LogP contribution is 2.28. The van der Waals surface area contributed by atoms with Gasteiger partial charge in [0, 0.05) is 11.8 Å². The largest absolute Gasteiger partial charge is 0.319 e. The molecule has 2 rings (SSSR count). The molecule has 0 aliphatic heterocycles. The fourth-order valence-electron chi connectivity index (χ4n) is 1.56. The molecule has 0 fully saturated rings. The lowest BCUT2D eigenvalue weighted by molar-refractivity contribution is 0.494. The Morgan fingerprint density at radius 3 is 2.61 bits per heavy atom. The summed E-state index contributed by atoms with van der Waals surface area (Å²) in [4.78, 5) is 3.95. The van der Waals surface area contributed by atoms with Crippen LogP contribution in [0.1, 0.15) is 17.3 Å². The molecule has 0 aliphatic carbocycles. The van der Waals surface area contributed by atoms with Crippen molar-refractivity contribution in [3.63, 3.8) is 0 Å². The molecule has 0 bridgehead atoms. The summed E-state index contributed by atoms with van der Waals surface area (Å²) in [6.07, 6.45) is 1.35. The van der Waals surface area contributed by atoms with Crippen LogP contribution in [0.5, 0.6) is 0 Å². The highest BCUT2D eigenvalue weighted by atomic mass is 35.5. The van der Waals surface area contributed by atoms with Gasteiger partial charge in [-0.3, -0.25) is 4.98 Å². The number of nitrogens with zero attached hydrogens (tertiary/aromatic N) is 1. The Balaban J connectivity index is 2.48. The van der Waals surface area contributed by atoms with Crippen LogP contribution in [0.25, 0.3) is 0 Å². The molecule has 2 nitrogen and oxygen atoms in total. The van der Waals surface area contributed by atoms with E-state index in [2.05, 4.69) is 4.98 Å². The first-order valence-electron chi connectivity index (χ1n) is 5.01. The fourth-order valence-corrected chi connectivity index (χ4v) is 2.06. The quantitative estimate of drug-likeness (QED) is 0.915. The lowest BCUT2D eigenvalue weighted by Crippen LogP contribution is -2.16. The lowest BCUT2D eigenvalue weighted by Gasteiger charge is -2.14. The van der Waals surface area contributed by atoms with Crippen molar-refractivity contribution in [1.82, 2.24) is 4.98 Å². The second-order valence-electron chi connectivity index (χ2n) is 3.64. The number of benzene rings is 1. The molecular weight excluding hydrogens is 281 g/mol. The third-order valence-electron chi connectivity index (χ3n) is 2.45. The molecule has 0 amide bonds. The maximum absolute atomic E-state index is 13.6. The van der Waals surface area contributed by atoms with Crippen molar-refractivity contribution in [3.05, 3.63) is 63.4 Å². The monoisotopic (exact) mass is 288 g/mol. The molecule has 0 saturated heterocycles. The average molecular weight is 289 g/mol. The van der Waals surface area contributed by atoms with Gasteiger partial charge in [0.1, 0.15) is 0 Å². The molecule has 2 N–H and O–H groups in total. The van der Waals surface area contributed by atoms with Crippen molar-refractivity contribution >= 4 is 23.2 Å². The first-order valence-corrected chi connectivity index (χ1v) is 5.76. The van der Waals surface area contributed by atoms with Crippen LogP contribution < -0.4 is 5.73 Å². The van der Waals surface area contributed by atoms with Gasteiger partial charge in [-0.15, -0.1) is 0 Å². The fraction of sp³-hybridized carbons (Fsp3) is 0.0833. The van der Waals surface area contributed by atoms with Gasteiger partial charge in [0.25, 0.3) is 0 Å². The van der Waals surface area contributed by atoms with E-state index in [9.17, 15) is 8.78 Å². The molecule has 2 aromatic rings. The molecule has 1 heterocycles. The van der Waals surface area contributed by atoms with E-state index in [1.165, 1.54) is 24.4 Å². The van der Waals surface area contributed by atoms with Crippen LogP contribution in [0.15, 0.2) is 30.5 Å². The summed E-state index contributed by atoms with van der Waals surface area (Å²) in [5.74, 6) is -1.97. The van der Waals surface area contributed by atoms with Gasteiger partial charge in [-0.05, 0) is 12.1 Å². The van der Waals surface area contributed by atoms with Crippen molar-refractivity contribution in [3.8, 4) is 0 Å². The maximum atomic E-state index is 13.6. The second kappa shape index (κ2) is 5.18. The second-order valence-corrected chi connectivity index (χ2v) is 4.48. The molecule has 94 valence electrons. The number of hydrogen-bond donors (Lipinski definition) is 1. The average Bonchev–Trinajstić information content (AvgIpc) is 2.32. The summed E-state index contributed by atoms with van der Waals surface area (Å²) in [6.45, 7) is 0. The van der Waals surface area contributed by atoms with Crippen LogP contribution in [0.4, 0.5) is 8.78 Å². The number of hydrogen-bond acceptors (Lipinski definition) is 2. The predicted octanol–water partition coefficient (Wildman–Crippen LogP) is 3.71. The third-order valence-corrected chi connectivity index (χ3v) is 2.96. The van der Waals surface area contributed by atoms with Crippen LogP contribution in [-0.2, 0) is 0 Å². The minimum Gasteiger partial charge on any atom is -0.319 e. The highest BCUT2D eigenvalue weighted by molar-refractivity contribution is 6.34. The number of halogens is 4. The van der Waals surface area contributed by atoms with Crippen molar-refractivity contribution in [1.29, 1.82) is 0 Å². The minimum absolute atomic E-state index is 0.00766. The van der Waals surface area contributed by atoms with Gasteiger partial charge in [-0.2, -0.15) is 0 Å². The zero-order valence-corrected chi connectivity index (χ0v) is 10.5. The van der Waals surface area contributed by atoms with E-state index in [1.807, 2.05) is 0 Å². The summed E-state index contributed by atoms with van der Waals surface area (Å²) in [5.41, 5.74) is 6.07. The lowest BCUT2D eigenvalue weighted by atomic mass is 10.0. The molecule has 0 spiro atoms. The van der Waals surface area contributed by atoms with E-state index < -0.39 is 17.7 Å². The van der Waals surface area contributed by atoms with E-state index >= 15 is 0 Å². The Hall–Kier alpha value is -1.23. The van der Waals surface area contributed by atoms with Gasteiger partial charge in [0.2, 0.25) is 0 Å². The Kier molecular flexibility index (Phi) is 3.80.